The molecule has 0 aromatic heterocycles. The van der Waals surface area contributed by atoms with Crippen molar-refractivity contribution in [3.63, 3.8) is 0 Å². The van der Waals surface area contributed by atoms with Gasteiger partial charge in [-0.2, -0.15) is 0 Å². The van der Waals surface area contributed by atoms with Gasteiger partial charge in [-0.1, -0.05) is 0 Å². The monoisotopic (exact) mass is 275 g/mol. The van der Waals surface area contributed by atoms with Crippen molar-refractivity contribution < 1.29 is 19.8 Å². The Morgan fingerprint density at radius 1 is 1.30 bits per heavy atom. The number of aromatic hydroxyl groups is 1. The molecule has 0 radical (unpaired) electrons. The molecular weight excluding hydrogens is 258 g/mol. The van der Waals surface area contributed by atoms with Gasteiger partial charge in [-0.05, 0) is 49.9 Å². The highest BCUT2D eigenvalue weighted by molar-refractivity contribution is 5.96. The third kappa shape index (κ3) is 1.85. The Morgan fingerprint density at radius 2 is 2.05 bits per heavy atom. The molecule has 5 nitrogen and oxygen atoms in total. The summed E-state index contributed by atoms with van der Waals surface area (Å²) in [7, 11) is 0. The number of phenols is 1. The number of carbonyl (C=O) groups excluding carboxylic acids is 1. The second kappa shape index (κ2) is 4.51. The lowest BCUT2D eigenvalue weighted by atomic mass is 9.89. The highest BCUT2D eigenvalue weighted by Gasteiger charge is 2.51. The second-order valence-corrected chi connectivity index (χ2v) is 5.69. The topological polar surface area (TPSA) is 77.8 Å². The van der Waals surface area contributed by atoms with Gasteiger partial charge in [0, 0.05) is 17.6 Å². The quantitative estimate of drug-likeness (QED) is 0.862. The number of carboxylic acid groups (broad SMARTS) is 1. The van der Waals surface area contributed by atoms with E-state index in [4.69, 9.17) is 0 Å². The molecule has 0 saturated carbocycles. The summed E-state index contributed by atoms with van der Waals surface area (Å²) >= 11 is 0. The zero-order valence-electron chi connectivity index (χ0n) is 11.2. The van der Waals surface area contributed by atoms with Crippen molar-refractivity contribution in [2.45, 2.75) is 38.3 Å². The summed E-state index contributed by atoms with van der Waals surface area (Å²) in [5, 5.41) is 18.7. The fourth-order valence-electron chi connectivity index (χ4n) is 3.51. The van der Waals surface area contributed by atoms with Gasteiger partial charge in [0.1, 0.15) is 5.75 Å². The zero-order chi connectivity index (χ0) is 14.4. The lowest BCUT2D eigenvalue weighted by Gasteiger charge is -2.23. The number of benzene rings is 1. The molecule has 2 aliphatic heterocycles. The third-order valence-corrected chi connectivity index (χ3v) is 4.53. The van der Waals surface area contributed by atoms with Gasteiger partial charge in [0.15, 0.2) is 0 Å². The fourth-order valence-corrected chi connectivity index (χ4v) is 3.51. The summed E-state index contributed by atoms with van der Waals surface area (Å²) in [6.07, 6.45) is 2.21. The molecule has 1 aromatic carbocycles. The van der Waals surface area contributed by atoms with Gasteiger partial charge >= 0.3 is 5.97 Å². The van der Waals surface area contributed by atoms with Crippen molar-refractivity contribution in [2.24, 2.45) is 5.92 Å². The van der Waals surface area contributed by atoms with Crippen molar-refractivity contribution in [3.8, 4) is 5.75 Å². The van der Waals surface area contributed by atoms with E-state index in [2.05, 4.69) is 0 Å². The summed E-state index contributed by atoms with van der Waals surface area (Å²) in [4.78, 5) is 25.6. The Bertz CT molecular complexity index is 583. The number of aliphatic carboxylic acids is 1. The van der Waals surface area contributed by atoms with E-state index in [-0.39, 0.29) is 23.7 Å². The van der Waals surface area contributed by atoms with Gasteiger partial charge < -0.3 is 15.1 Å². The summed E-state index contributed by atoms with van der Waals surface area (Å²) in [5.41, 5.74) is 1.17. The normalized spacial score (nSPS) is 27.9. The van der Waals surface area contributed by atoms with E-state index in [0.29, 0.717) is 17.5 Å². The maximum Gasteiger partial charge on any atom is 0.308 e. The van der Waals surface area contributed by atoms with Crippen LogP contribution in [0.5, 0.6) is 5.75 Å². The summed E-state index contributed by atoms with van der Waals surface area (Å²) < 4.78 is 0. The van der Waals surface area contributed by atoms with Gasteiger partial charge in [-0.15, -0.1) is 0 Å². The first kappa shape index (κ1) is 13.0. The molecule has 5 heteroatoms. The van der Waals surface area contributed by atoms with Gasteiger partial charge in [0.2, 0.25) is 0 Å². The number of rotatable bonds is 2. The lowest BCUT2D eigenvalue weighted by molar-refractivity contribution is -0.142. The molecule has 1 amide bonds. The van der Waals surface area contributed by atoms with E-state index in [1.165, 1.54) is 6.07 Å². The highest BCUT2D eigenvalue weighted by Crippen LogP contribution is 2.42. The molecule has 2 bridgehead atoms. The lowest BCUT2D eigenvalue weighted by Crippen LogP contribution is -2.37. The Balaban J connectivity index is 1.88. The number of nitrogens with zero attached hydrogens (tertiary/aromatic N) is 1. The largest absolute Gasteiger partial charge is 0.508 e. The molecule has 0 aliphatic carbocycles. The fraction of sp³-hybridized carbons (Fsp3) is 0.467. The van der Waals surface area contributed by atoms with Crippen LogP contribution in [-0.2, 0) is 4.79 Å². The zero-order valence-corrected chi connectivity index (χ0v) is 11.2. The molecule has 2 N–H and O–H groups in total. The standard InChI is InChI=1S/C15H17NO4/c1-8-6-9(2-5-13(8)17)14(18)16-10-3-4-12(16)11(7-10)15(19)20/h2,5-6,10-12,17H,3-4,7H2,1H3,(H,19,20). The Kier molecular flexibility index (Phi) is 2.92. The van der Waals surface area contributed by atoms with Crippen LogP contribution < -0.4 is 0 Å². The Morgan fingerprint density at radius 3 is 2.65 bits per heavy atom. The van der Waals surface area contributed by atoms with Crippen LogP contribution in [0.1, 0.15) is 35.2 Å². The van der Waals surface area contributed by atoms with E-state index in [0.717, 1.165) is 12.8 Å². The first-order valence-corrected chi connectivity index (χ1v) is 6.84. The molecule has 2 saturated heterocycles. The second-order valence-electron chi connectivity index (χ2n) is 5.69. The average molecular weight is 275 g/mol. The molecule has 1 aromatic rings. The summed E-state index contributed by atoms with van der Waals surface area (Å²) in [6, 6.07) is 4.63. The minimum atomic E-state index is -0.808. The molecular formula is C15H17NO4. The molecule has 106 valence electrons. The van der Waals surface area contributed by atoms with E-state index in [9.17, 15) is 19.8 Å². The molecule has 20 heavy (non-hydrogen) atoms. The minimum absolute atomic E-state index is 0.0442. The van der Waals surface area contributed by atoms with E-state index in [1.807, 2.05) is 0 Å². The number of carboxylic acids is 1. The van der Waals surface area contributed by atoms with Crippen LogP contribution in [-0.4, -0.2) is 39.1 Å². The van der Waals surface area contributed by atoms with Crippen molar-refractivity contribution in [1.82, 2.24) is 4.90 Å². The molecule has 3 unspecified atom stereocenters. The number of aryl methyl sites for hydroxylation is 1. The van der Waals surface area contributed by atoms with Gasteiger partial charge in [0.05, 0.1) is 5.92 Å². The van der Waals surface area contributed by atoms with Gasteiger partial charge in [-0.3, -0.25) is 9.59 Å². The Labute approximate surface area is 116 Å². The van der Waals surface area contributed by atoms with Gasteiger partial charge in [0.25, 0.3) is 5.91 Å². The smallest absolute Gasteiger partial charge is 0.308 e. The molecule has 2 aliphatic rings. The Hall–Kier alpha value is -2.04. The number of amides is 1. The number of phenolic OH excluding ortho intramolecular Hbond substituents is 1. The predicted octanol–water partition coefficient (Wildman–Crippen LogP) is 1.78. The maximum atomic E-state index is 12.6. The van der Waals surface area contributed by atoms with Crippen molar-refractivity contribution in [3.05, 3.63) is 29.3 Å². The average Bonchev–Trinajstić information content (AvgIpc) is 2.98. The molecule has 2 fully saturated rings. The van der Waals surface area contributed by atoms with Crippen LogP contribution in [0.2, 0.25) is 0 Å². The van der Waals surface area contributed by atoms with Gasteiger partial charge in [-0.25, -0.2) is 0 Å². The first-order valence-electron chi connectivity index (χ1n) is 6.84. The molecule has 2 heterocycles. The maximum absolute atomic E-state index is 12.6. The van der Waals surface area contributed by atoms with Crippen molar-refractivity contribution >= 4 is 11.9 Å². The molecule has 3 rings (SSSR count). The number of carbonyl (C=O) groups is 2. The summed E-state index contributed by atoms with van der Waals surface area (Å²) in [6.45, 7) is 1.74. The van der Waals surface area contributed by atoms with E-state index < -0.39 is 11.9 Å². The van der Waals surface area contributed by atoms with Crippen LogP contribution in [0.25, 0.3) is 0 Å². The third-order valence-electron chi connectivity index (χ3n) is 4.53. The van der Waals surface area contributed by atoms with Crippen LogP contribution in [0.4, 0.5) is 0 Å². The number of hydrogen-bond donors (Lipinski definition) is 2. The molecule has 3 atom stereocenters. The van der Waals surface area contributed by atoms with Crippen LogP contribution >= 0.6 is 0 Å². The van der Waals surface area contributed by atoms with Crippen LogP contribution in [0.3, 0.4) is 0 Å². The highest BCUT2D eigenvalue weighted by atomic mass is 16.4. The van der Waals surface area contributed by atoms with Crippen LogP contribution in [0, 0.1) is 12.8 Å². The SMILES string of the molecule is Cc1cc(C(=O)N2C3CCC2C(C(=O)O)C3)ccc1O. The van der Waals surface area contributed by atoms with E-state index in [1.54, 1.807) is 24.0 Å². The predicted molar refractivity (Wildman–Crippen MR) is 71.6 cm³/mol. The number of hydrogen-bond acceptors (Lipinski definition) is 3. The molecule has 0 spiro atoms. The summed E-state index contributed by atoms with van der Waals surface area (Å²) in [5.74, 6) is -1.20. The van der Waals surface area contributed by atoms with E-state index >= 15 is 0 Å². The minimum Gasteiger partial charge on any atom is -0.508 e. The first-order chi connectivity index (χ1) is 9.49. The van der Waals surface area contributed by atoms with Crippen LogP contribution in [0.15, 0.2) is 18.2 Å². The van der Waals surface area contributed by atoms with Crippen molar-refractivity contribution in [2.75, 3.05) is 0 Å². The van der Waals surface area contributed by atoms with Crippen molar-refractivity contribution in [1.29, 1.82) is 0 Å². The number of fused-ring (bicyclic) bond motifs is 2.